The molecule has 9 heteroatoms. The molecule has 0 aliphatic rings. The number of carbonyl (C=O) groups is 3. The van der Waals surface area contributed by atoms with E-state index in [-0.39, 0.29) is 5.69 Å². The number of hydrogen-bond acceptors (Lipinski definition) is 3. The van der Waals surface area contributed by atoms with Crippen LogP contribution in [0.3, 0.4) is 0 Å². The molecule has 0 atom stereocenters. The number of aromatic nitrogens is 1. The van der Waals surface area contributed by atoms with Crippen LogP contribution < -0.4 is 16.1 Å². The van der Waals surface area contributed by atoms with Gasteiger partial charge in [-0.1, -0.05) is 41.4 Å². The number of nitrogens with zero attached hydrogens (tertiary/aromatic N) is 1. The number of amides is 3. The molecule has 0 saturated carbocycles. The van der Waals surface area contributed by atoms with Gasteiger partial charge in [-0.05, 0) is 73.5 Å². The number of halogens is 2. The Morgan fingerprint density at radius 3 is 2.29 bits per heavy atom. The molecule has 0 saturated heterocycles. The minimum Gasteiger partial charge on any atom is -0.321 e. The number of aryl methyl sites for hydroxylation is 2. The third-order valence-corrected chi connectivity index (χ3v) is 5.76. The fourth-order valence-corrected chi connectivity index (χ4v) is 3.76. The van der Waals surface area contributed by atoms with Crippen LogP contribution in [0.4, 0.5) is 11.4 Å². The van der Waals surface area contributed by atoms with Crippen LogP contribution in [-0.2, 0) is 9.59 Å². The average Bonchev–Trinajstić information content (AvgIpc) is 3.13. The van der Waals surface area contributed by atoms with Crippen molar-refractivity contribution in [2.45, 2.75) is 13.8 Å². The third-order valence-electron chi connectivity index (χ3n) is 5.12. The lowest BCUT2D eigenvalue weighted by Crippen LogP contribution is -2.36. The van der Waals surface area contributed by atoms with E-state index in [1.165, 1.54) is 4.68 Å². The number of benzene rings is 3. The molecule has 1 aromatic heterocycles. The van der Waals surface area contributed by atoms with E-state index < -0.39 is 17.7 Å². The van der Waals surface area contributed by atoms with Gasteiger partial charge in [0.1, 0.15) is 5.69 Å². The average molecular weight is 495 g/mol. The lowest BCUT2D eigenvalue weighted by atomic mass is 10.2. The minimum atomic E-state index is -0.964. The highest BCUT2D eigenvalue weighted by atomic mass is 35.5. The number of fused-ring (bicyclic) bond motifs is 1. The van der Waals surface area contributed by atoms with Crippen LogP contribution in [0.2, 0.25) is 10.0 Å². The molecular weight excluding hydrogens is 475 g/mol. The van der Waals surface area contributed by atoms with E-state index in [2.05, 4.69) is 16.1 Å². The van der Waals surface area contributed by atoms with E-state index in [9.17, 15) is 14.4 Å². The molecule has 172 valence electrons. The fraction of sp³-hybridized carbons (Fsp3) is 0.0800. The largest absolute Gasteiger partial charge is 0.328 e. The quantitative estimate of drug-likeness (QED) is 0.326. The molecule has 3 aromatic carbocycles. The van der Waals surface area contributed by atoms with Crippen LogP contribution in [0.15, 0.2) is 66.7 Å². The lowest BCUT2D eigenvalue weighted by Gasteiger charge is -2.13. The minimum absolute atomic E-state index is 0.123. The zero-order chi connectivity index (χ0) is 24.4. The Bertz CT molecular complexity index is 1450. The van der Waals surface area contributed by atoms with Gasteiger partial charge in [0, 0.05) is 26.8 Å². The zero-order valence-corrected chi connectivity index (χ0v) is 19.8. The summed E-state index contributed by atoms with van der Waals surface area (Å²) in [6.07, 6.45) is 0. The van der Waals surface area contributed by atoms with Crippen molar-refractivity contribution >= 4 is 63.2 Å². The first-order chi connectivity index (χ1) is 16.2. The SMILES string of the molecule is Cc1cccc(NC(=O)c2cc3cc(Cl)ccc3n2NC(=O)C(=O)Nc2ccc(C)c(Cl)c2)c1. The first kappa shape index (κ1) is 23.4. The summed E-state index contributed by atoms with van der Waals surface area (Å²) >= 11 is 12.2. The third kappa shape index (κ3) is 5.06. The van der Waals surface area contributed by atoms with Gasteiger partial charge >= 0.3 is 11.8 Å². The molecule has 0 aliphatic heterocycles. The number of nitrogens with one attached hydrogen (secondary N) is 3. The summed E-state index contributed by atoms with van der Waals surface area (Å²) in [7, 11) is 0. The smallest absolute Gasteiger partial charge is 0.321 e. The van der Waals surface area contributed by atoms with Gasteiger partial charge < -0.3 is 10.6 Å². The molecular formula is C25H20Cl2N4O3. The summed E-state index contributed by atoms with van der Waals surface area (Å²) < 4.78 is 1.26. The Morgan fingerprint density at radius 2 is 1.56 bits per heavy atom. The van der Waals surface area contributed by atoms with Crippen LogP contribution in [-0.4, -0.2) is 22.4 Å². The van der Waals surface area contributed by atoms with Gasteiger partial charge in [-0.3, -0.25) is 19.8 Å². The van der Waals surface area contributed by atoms with Crippen molar-refractivity contribution < 1.29 is 14.4 Å². The van der Waals surface area contributed by atoms with Crippen LogP contribution >= 0.6 is 23.2 Å². The summed E-state index contributed by atoms with van der Waals surface area (Å²) in [5.41, 5.74) is 5.91. The predicted molar refractivity (Wildman–Crippen MR) is 135 cm³/mol. The monoisotopic (exact) mass is 494 g/mol. The summed E-state index contributed by atoms with van der Waals surface area (Å²) in [5.74, 6) is -2.35. The van der Waals surface area contributed by atoms with Gasteiger partial charge in [0.15, 0.2) is 0 Å². The molecule has 0 unspecified atom stereocenters. The number of hydrogen-bond donors (Lipinski definition) is 3. The van der Waals surface area contributed by atoms with Gasteiger partial charge in [0.2, 0.25) is 0 Å². The van der Waals surface area contributed by atoms with Crippen LogP contribution in [0, 0.1) is 13.8 Å². The molecule has 0 fully saturated rings. The highest BCUT2D eigenvalue weighted by Gasteiger charge is 2.21. The van der Waals surface area contributed by atoms with Crippen LogP contribution in [0.5, 0.6) is 0 Å². The van der Waals surface area contributed by atoms with Crippen molar-refractivity contribution in [1.82, 2.24) is 4.68 Å². The Hall–Kier alpha value is -3.81. The molecule has 0 radical (unpaired) electrons. The van der Waals surface area contributed by atoms with E-state index in [1.807, 2.05) is 32.0 Å². The Morgan fingerprint density at radius 1 is 0.794 bits per heavy atom. The maximum absolute atomic E-state index is 13.1. The lowest BCUT2D eigenvalue weighted by molar-refractivity contribution is -0.133. The molecule has 3 amide bonds. The first-order valence-corrected chi connectivity index (χ1v) is 11.0. The van der Waals surface area contributed by atoms with Crippen LogP contribution in [0.25, 0.3) is 10.9 Å². The summed E-state index contributed by atoms with van der Waals surface area (Å²) in [4.78, 5) is 38.3. The van der Waals surface area contributed by atoms with E-state index >= 15 is 0 Å². The molecule has 0 spiro atoms. The second-order valence-electron chi connectivity index (χ2n) is 7.75. The standard InChI is InChI=1S/C25H20Cl2N4O3/c1-14-4-3-5-18(10-14)28-23(32)22-12-16-11-17(26)7-9-21(16)31(22)30-25(34)24(33)29-19-8-6-15(2)20(27)13-19/h3-13H,1-2H3,(H,28,32)(H,29,33)(H,30,34). The van der Waals surface area contributed by atoms with Crippen LogP contribution in [0.1, 0.15) is 21.6 Å². The Kier molecular flexibility index (Phi) is 6.58. The van der Waals surface area contributed by atoms with Crippen molar-refractivity contribution in [3.05, 3.63) is 93.6 Å². The summed E-state index contributed by atoms with van der Waals surface area (Å²) in [5, 5.41) is 6.86. The summed E-state index contributed by atoms with van der Waals surface area (Å²) in [6, 6.07) is 18.8. The van der Waals surface area contributed by atoms with Crippen molar-refractivity contribution in [2.75, 3.05) is 16.1 Å². The van der Waals surface area contributed by atoms with Gasteiger partial charge in [-0.15, -0.1) is 0 Å². The molecule has 34 heavy (non-hydrogen) atoms. The van der Waals surface area contributed by atoms with Crippen molar-refractivity contribution in [2.24, 2.45) is 0 Å². The van der Waals surface area contributed by atoms with Gasteiger partial charge in [0.05, 0.1) is 5.52 Å². The second kappa shape index (κ2) is 9.59. The normalized spacial score (nSPS) is 10.7. The molecule has 0 aliphatic carbocycles. The van der Waals surface area contributed by atoms with Crippen molar-refractivity contribution in [1.29, 1.82) is 0 Å². The van der Waals surface area contributed by atoms with E-state index in [4.69, 9.17) is 23.2 Å². The molecule has 4 aromatic rings. The number of rotatable bonds is 4. The highest BCUT2D eigenvalue weighted by molar-refractivity contribution is 6.42. The van der Waals surface area contributed by atoms with E-state index in [0.717, 1.165) is 11.1 Å². The van der Waals surface area contributed by atoms with Crippen molar-refractivity contribution in [3.8, 4) is 0 Å². The number of anilines is 2. The maximum Gasteiger partial charge on any atom is 0.328 e. The Labute approximate surface area is 205 Å². The first-order valence-electron chi connectivity index (χ1n) is 10.3. The zero-order valence-electron chi connectivity index (χ0n) is 18.3. The van der Waals surface area contributed by atoms with Crippen molar-refractivity contribution in [3.63, 3.8) is 0 Å². The molecule has 3 N–H and O–H groups in total. The summed E-state index contributed by atoms with van der Waals surface area (Å²) in [6.45, 7) is 3.74. The molecule has 7 nitrogen and oxygen atoms in total. The van der Waals surface area contributed by atoms with E-state index in [1.54, 1.807) is 48.5 Å². The number of carbonyl (C=O) groups excluding carboxylic acids is 3. The highest BCUT2D eigenvalue weighted by Crippen LogP contribution is 2.24. The van der Waals surface area contributed by atoms with E-state index in [0.29, 0.717) is 32.3 Å². The maximum atomic E-state index is 13.1. The topological polar surface area (TPSA) is 92.2 Å². The predicted octanol–water partition coefficient (Wildman–Crippen LogP) is 5.53. The Balaban J connectivity index is 1.62. The van der Waals surface area contributed by atoms with Gasteiger partial charge in [-0.25, -0.2) is 4.68 Å². The molecule has 0 bridgehead atoms. The van der Waals surface area contributed by atoms with Gasteiger partial charge in [0.25, 0.3) is 5.91 Å². The molecule has 1 heterocycles. The fourth-order valence-electron chi connectivity index (χ4n) is 3.40. The molecule has 4 rings (SSSR count). The van der Waals surface area contributed by atoms with Gasteiger partial charge in [-0.2, -0.15) is 0 Å². The second-order valence-corrected chi connectivity index (χ2v) is 8.59.